The van der Waals surface area contributed by atoms with E-state index in [0.29, 0.717) is 5.92 Å². The molecule has 0 bridgehead atoms. The second kappa shape index (κ2) is 7.31. The first-order chi connectivity index (χ1) is 12.0. The van der Waals surface area contributed by atoms with Gasteiger partial charge < -0.3 is 5.73 Å². The fourth-order valence-corrected chi connectivity index (χ4v) is 3.75. The Bertz CT molecular complexity index is 929. The van der Waals surface area contributed by atoms with E-state index in [2.05, 4.69) is 64.1 Å². The van der Waals surface area contributed by atoms with Crippen LogP contribution in [0.3, 0.4) is 0 Å². The number of nitrogen functional groups attached to an aromatic ring is 1. The molecular weight excluding hydrogens is 302 g/mol. The van der Waals surface area contributed by atoms with Crippen molar-refractivity contribution in [2.24, 2.45) is 0 Å². The average Bonchev–Trinajstić information content (AvgIpc) is 2.61. The van der Waals surface area contributed by atoms with E-state index < -0.39 is 0 Å². The number of aryl methyl sites for hydroxylation is 1. The van der Waals surface area contributed by atoms with Crippen molar-refractivity contribution in [3.63, 3.8) is 0 Å². The third kappa shape index (κ3) is 3.56. The van der Waals surface area contributed by atoms with E-state index in [1.165, 1.54) is 38.3 Å². The normalized spacial score (nSPS) is 14.4. The van der Waals surface area contributed by atoms with Crippen molar-refractivity contribution < 1.29 is 0 Å². The predicted octanol–water partition coefficient (Wildman–Crippen LogP) is 4.78. The minimum atomic E-state index is 0.548. The molecule has 0 spiro atoms. The van der Waals surface area contributed by atoms with Gasteiger partial charge in [-0.1, -0.05) is 63.3 Å². The van der Waals surface area contributed by atoms with Gasteiger partial charge in [-0.15, -0.1) is 0 Å². The molecule has 0 fully saturated rings. The molecule has 0 aliphatic heterocycles. The summed E-state index contributed by atoms with van der Waals surface area (Å²) in [6, 6.07) is 13.2. The number of anilines is 1. The van der Waals surface area contributed by atoms with Gasteiger partial charge in [0.2, 0.25) is 0 Å². The van der Waals surface area contributed by atoms with E-state index in [1.807, 2.05) is 12.1 Å². The van der Waals surface area contributed by atoms with E-state index in [-0.39, 0.29) is 0 Å². The fourth-order valence-electron chi connectivity index (χ4n) is 3.75. The summed E-state index contributed by atoms with van der Waals surface area (Å²) in [5.74, 6) is 0.548. The van der Waals surface area contributed by atoms with E-state index in [4.69, 9.17) is 5.73 Å². The summed E-state index contributed by atoms with van der Waals surface area (Å²) in [6.45, 7) is 8.97. The van der Waals surface area contributed by atoms with Crippen molar-refractivity contribution in [1.82, 2.24) is 0 Å². The lowest BCUT2D eigenvalue weighted by Gasteiger charge is -2.15. The molecule has 1 aliphatic rings. The lowest BCUT2D eigenvalue weighted by atomic mass is 9.90. The Labute approximate surface area is 151 Å². The zero-order valence-corrected chi connectivity index (χ0v) is 15.9. The summed E-state index contributed by atoms with van der Waals surface area (Å²) in [5, 5.41) is 2.52. The van der Waals surface area contributed by atoms with Crippen molar-refractivity contribution >= 4 is 23.4 Å². The molecule has 0 heterocycles. The Morgan fingerprint density at radius 1 is 1.20 bits per heavy atom. The van der Waals surface area contributed by atoms with Crippen LogP contribution in [0.15, 0.2) is 42.0 Å². The van der Waals surface area contributed by atoms with Crippen LogP contribution < -0.4 is 16.2 Å². The number of benzene rings is 2. The van der Waals surface area contributed by atoms with Gasteiger partial charge in [-0.2, -0.15) is 0 Å². The van der Waals surface area contributed by atoms with Gasteiger partial charge in [0, 0.05) is 10.9 Å². The van der Waals surface area contributed by atoms with E-state index in [1.54, 1.807) is 0 Å². The number of hydrogen-bond donors (Lipinski definition) is 1. The molecule has 2 N–H and O–H groups in total. The highest BCUT2D eigenvalue weighted by molar-refractivity contribution is 5.77. The first-order valence-corrected chi connectivity index (χ1v) is 9.40. The average molecular weight is 332 g/mol. The number of rotatable bonds is 4. The third-order valence-electron chi connectivity index (χ3n) is 5.25. The van der Waals surface area contributed by atoms with Gasteiger partial charge in [0.15, 0.2) is 0 Å². The summed E-state index contributed by atoms with van der Waals surface area (Å²) in [5.41, 5.74) is 14.1. The minimum absolute atomic E-state index is 0.548. The molecule has 0 radical (unpaired) electrons. The second-order valence-electron chi connectivity index (χ2n) is 7.33. The van der Waals surface area contributed by atoms with Crippen molar-refractivity contribution in [2.75, 3.05) is 5.73 Å². The summed E-state index contributed by atoms with van der Waals surface area (Å²) < 4.78 is 0. The number of hydrogen-bond acceptors (Lipinski definition) is 1. The van der Waals surface area contributed by atoms with Gasteiger partial charge in [-0.05, 0) is 71.2 Å². The predicted molar refractivity (Wildman–Crippen MR) is 111 cm³/mol. The summed E-state index contributed by atoms with van der Waals surface area (Å²) in [4.78, 5) is 0. The first-order valence-electron chi connectivity index (χ1n) is 9.40. The molecule has 130 valence electrons. The Morgan fingerprint density at radius 3 is 2.72 bits per heavy atom. The maximum Gasteiger partial charge on any atom is 0.0396 e. The lowest BCUT2D eigenvalue weighted by molar-refractivity contribution is 0.864. The molecule has 0 aromatic heterocycles. The highest BCUT2D eigenvalue weighted by Crippen LogP contribution is 2.25. The van der Waals surface area contributed by atoms with Crippen LogP contribution in [0, 0.1) is 0 Å². The number of fused-ring (bicyclic) bond motifs is 1. The number of nitrogens with two attached hydrogens (primary N) is 1. The molecule has 0 atom stereocenters. The van der Waals surface area contributed by atoms with E-state index in [0.717, 1.165) is 24.9 Å². The summed E-state index contributed by atoms with van der Waals surface area (Å²) in [6.07, 6.45) is 7.87. The van der Waals surface area contributed by atoms with Crippen molar-refractivity contribution in [3.05, 3.63) is 69.1 Å². The SMILES string of the molecule is CCc1ccc(C(C)C)cc1/C=C(\C)C1=c2c(N)cccc2=CCC1. The van der Waals surface area contributed by atoms with Crippen LogP contribution in [-0.4, -0.2) is 0 Å². The molecule has 0 unspecified atom stereocenters. The largest absolute Gasteiger partial charge is 0.398 e. The Balaban J connectivity index is 2.17. The minimum Gasteiger partial charge on any atom is -0.398 e. The second-order valence-corrected chi connectivity index (χ2v) is 7.33. The van der Waals surface area contributed by atoms with Crippen LogP contribution >= 0.6 is 0 Å². The summed E-state index contributed by atoms with van der Waals surface area (Å²) >= 11 is 0. The topological polar surface area (TPSA) is 26.0 Å². The molecular formula is C24H29N. The molecule has 0 amide bonds. The van der Waals surface area contributed by atoms with Gasteiger partial charge in [-0.3, -0.25) is 0 Å². The highest BCUT2D eigenvalue weighted by atomic mass is 14.5. The van der Waals surface area contributed by atoms with Crippen LogP contribution in [0.2, 0.25) is 0 Å². The first kappa shape index (κ1) is 17.5. The summed E-state index contributed by atoms with van der Waals surface area (Å²) in [7, 11) is 0. The molecule has 1 heteroatoms. The standard InChI is InChI=1S/C24H29N/c1-5-18-12-13-20(16(2)3)15-21(18)14-17(4)22-10-6-8-19-9-7-11-23(25)24(19)22/h7-9,11-16H,5-6,10,25H2,1-4H3/b17-14+. The van der Waals surface area contributed by atoms with Crippen LogP contribution in [0.4, 0.5) is 5.69 Å². The van der Waals surface area contributed by atoms with Crippen LogP contribution in [-0.2, 0) is 6.42 Å². The molecule has 0 saturated carbocycles. The molecule has 2 aromatic rings. The maximum atomic E-state index is 6.31. The molecule has 0 saturated heterocycles. The Kier molecular flexibility index (Phi) is 5.13. The van der Waals surface area contributed by atoms with Crippen molar-refractivity contribution in [2.45, 2.75) is 52.9 Å². The Morgan fingerprint density at radius 2 is 2.00 bits per heavy atom. The maximum absolute atomic E-state index is 6.31. The fraction of sp³-hybridized carbons (Fsp3) is 0.333. The van der Waals surface area contributed by atoms with E-state index >= 15 is 0 Å². The Hall–Kier alpha value is -2.28. The zero-order chi connectivity index (χ0) is 18.0. The van der Waals surface area contributed by atoms with Gasteiger partial charge in [0.1, 0.15) is 0 Å². The van der Waals surface area contributed by atoms with Gasteiger partial charge in [0.25, 0.3) is 0 Å². The van der Waals surface area contributed by atoms with Gasteiger partial charge >= 0.3 is 0 Å². The van der Waals surface area contributed by atoms with Crippen LogP contribution in [0.25, 0.3) is 17.7 Å². The van der Waals surface area contributed by atoms with Crippen molar-refractivity contribution in [1.29, 1.82) is 0 Å². The monoisotopic (exact) mass is 331 g/mol. The van der Waals surface area contributed by atoms with Crippen molar-refractivity contribution in [3.8, 4) is 0 Å². The molecule has 2 aromatic carbocycles. The zero-order valence-electron chi connectivity index (χ0n) is 15.9. The smallest absolute Gasteiger partial charge is 0.0396 e. The molecule has 1 aliphatic carbocycles. The van der Waals surface area contributed by atoms with Crippen LogP contribution in [0.5, 0.6) is 0 Å². The van der Waals surface area contributed by atoms with Gasteiger partial charge in [-0.25, -0.2) is 0 Å². The lowest BCUT2D eigenvalue weighted by Crippen LogP contribution is -2.32. The molecule has 25 heavy (non-hydrogen) atoms. The highest BCUT2D eigenvalue weighted by Gasteiger charge is 2.10. The number of allylic oxidation sites excluding steroid dienone is 1. The third-order valence-corrected chi connectivity index (χ3v) is 5.25. The quantitative estimate of drug-likeness (QED) is 0.801. The molecule has 1 nitrogen and oxygen atoms in total. The van der Waals surface area contributed by atoms with Crippen LogP contribution in [0.1, 0.15) is 63.1 Å². The molecule has 3 rings (SSSR count). The van der Waals surface area contributed by atoms with Gasteiger partial charge in [0.05, 0.1) is 0 Å². The van der Waals surface area contributed by atoms with E-state index in [9.17, 15) is 0 Å².